The van der Waals surface area contributed by atoms with Gasteiger partial charge in [0.25, 0.3) is 5.91 Å². The van der Waals surface area contributed by atoms with Crippen molar-refractivity contribution >= 4 is 11.6 Å². The predicted octanol–water partition coefficient (Wildman–Crippen LogP) is 1.60. The number of aliphatic hydroxyl groups is 1. The summed E-state index contributed by atoms with van der Waals surface area (Å²) in [6, 6.07) is 8.66. The zero-order valence-corrected chi connectivity index (χ0v) is 11.2. The molecule has 0 atom stereocenters. The second kappa shape index (κ2) is 6.72. The van der Waals surface area contributed by atoms with E-state index in [-0.39, 0.29) is 19.1 Å². The van der Waals surface area contributed by atoms with Gasteiger partial charge < -0.3 is 15.2 Å². The van der Waals surface area contributed by atoms with Gasteiger partial charge in [-0.15, -0.1) is 0 Å². The topological polar surface area (TPSA) is 87.2 Å². The van der Waals surface area contributed by atoms with Gasteiger partial charge in [0.05, 0.1) is 6.61 Å². The number of benzene rings is 1. The average molecular weight is 275 g/mol. The van der Waals surface area contributed by atoms with Crippen LogP contribution in [0.5, 0.6) is 5.75 Å². The van der Waals surface area contributed by atoms with Gasteiger partial charge in [-0.05, 0) is 36.8 Å². The Hall–Kier alpha value is -2.34. The molecule has 1 aromatic carbocycles. The van der Waals surface area contributed by atoms with E-state index in [1.54, 1.807) is 30.3 Å². The fraction of sp³-hybridized carbons (Fsp3) is 0.286. The molecule has 3 N–H and O–H groups in total. The third kappa shape index (κ3) is 3.58. The Morgan fingerprint density at radius 2 is 2.15 bits per heavy atom. The largest absolute Gasteiger partial charge is 0.491 e. The minimum atomic E-state index is -0.259. The Balaban J connectivity index is 1.97. The predicted molar refractivity (Wildman–Crippen MR) is 74.9 cm³/mol. The van der Waals surface area contributed by atoms with E-state index in [2.05, 4.69) is 15.5 Å². The van der Waals surface area contributed by atoms with E-state index in [1.165, 1.54) is 0 Å². The fourth-order valence-corrected chi connectivity index (χ4v) is 1.65. The number of carbonyl (C=O) groups is 1. The molecule has 2 aromatic rings. The van der Waals surface area contributed by atoms with Gasteiger partial charge >= 0.3 is 0 Å². The number of carbonyl (C=O) groups excluding carboxylic acids is 1. The number of ether oxygens (including phenoxy) is 1. The molecule has 6 nitrogen and oxygen atoms in total. The van der Waals surface area contributed by atoms with E-state index in [0.717, 1.165) is 12.1 Å². The molecule has 0 aliphatic heterocycles. The highest BCUT2D eigenvalue weighted by Crippen LogP contribution is 2.16. The van der Waals surface area contributed by atoms with E-state index in [0.29, 0.717) is 17.1 Å². The van der Waals surface area contributed by atoms with Gasteiger partial charge in [-0.2, -0.15) is 5.10 Å². The number of aryl methyl sites for hydroxylation is 1. The van der Waals surface area contributed by atoms with Crippen LogP contribution in [0.15, 0.2) is 30.3 Å². The number of aliphatic hydroxyl groups excluding tert-OH is 1. The van der Waals surface area contributed by atoms with Crippen LogP contribution >= 0.6 is 0 Å². The maximum absolute atomic E-state index is 11.9. The second-order valence-corrected chi connectivity index (χ2v) is 4.18. The number of hydrogen-bond donors (Lipinski definition) is 3. The lowest BCUT2D eigenvalue weighted by Gasteiger charge is -2.06. The van der Waals surface area contributed by atoms with Gasteiger partial charge in [0.2, 0.25) is 0 Å². The summed E-state index contributed by atoms with van der Waals surface area (Å²) in [5.74, 6) is 0.384. The van der Waals surface area contributed by atoms with Crippen molar-refractivity contribution in [2.24, 2.45) is 0 Å². The van der Waals surface area contributed by atoms with Crippen LogP contribution in [0.4, 0.5) is 5.69 Å². The molecule has 0 saturated carbocycles. The van der Waals surface area contributed by atoms with Crippen LogP contribution in [0, 0.1) is 0 Å². The number of hydrogen-bond acceptors (Lipinski definition) is 4. The second-order valence-electron chi connectivity index (χ2n) is 4.18. The van der Waals surface area contributed by atoms with Crippen LogP contribution in [0.2, 0.25) is 0 Å². The molecule has 0 spiro atoms. The van der Waals surface area contributed by atoms with Crippen LogP contribution in [0.3, 0.4) is 0 Å². The van der Waals surface area contributed by atoms with E-state index in [4.69, 9.17) is 9.84 Å². The lowest BCUT2D eigenvalue weighted by molar-refractivity contribution is 0.102. The normalized spacial score (nSPS) is 10.3. The molecule has 0 aliphatic rings. The standard InChI is InChI=1S/C14H17N3O3/c1-2-10-9-13(17-16-10)14(19)15-11-3-5-12(6-4-11)20-8-7-18/h3-6,9,18H,2,7-8H2,1H3,(H,15,19)(H,16,17). The number of rotatable bonds is 6. The summed E-state index contributed by atoms with van der Waals surface area (Å²) in [5, 5.41) is 18.2. The molecule has 0 bridgehead atoms. The molecule has 2 rings (SSSR count). The molecule has 1 amide bonds. The highest BCUT2D eigenvalue weighted by atomic mass is 16.5. The Bertz CT molecular complexity index is 563. The molecule has 0 unspecified atom stereocenters. The van der Waals surface area contributed by atoms with Crippen LogP contribution < -0.4 is 10.1 Å². The number of anilines is 1. The zero-order chi connectivity index (χ0) is 14.4. The maximum atomic E-state index is 11.9. The van der Waals surface area contributed by atoms with Crippen molar-refractivity contribution in [1.29, 1.82) is 0 Å². The molecule has 1 aromatic heterocycles. The van der Waals surface area contributed by atoms with E-state index in [9.17, 15) is 4.79 Å². The van der Waals surface area contributed by atoms with Crippen molar-refractivity contribution in [2.45, 2.75) is 13.3 Å². The van der Waals surface area contributed by atoms with Crippen LogP contribution in [-0.2, 0) is 6.42 Å². The molecular weight excluding hydrogens is 258 g/mol. The van der Waals surface area contributed by atoms with Crippen LogP contribution in [0.25, 0.3) is 0 Å². The summed E-state index contributed by atoms with van der Waals surface area (Å²) in [7, 11) is 0. The van der Waals surface area contributed by atoms with Gasteiger partial charge in [-0.1, -0.05) is 6.92 Å². The van der Waals surface area contributed by atoms with Crippen LogP contribution in [0.1, 0.15) is 23.1 Å². The first kappa shape index (κ1) is 14.1. The number of H-pyrrole nitrogens is 1. The van der Waals surface area contributed by atoms with Gasteiger partial charge in [-0.25, -0.2) is 0 Å². The quantitative estimate of drug-likeness (QED) is 0.747. The summed E-state index contributed by atoms with van der Waals surface area (Å²) in [6.07, 6.45) is 0.803. The summed E-state index contributed by atoms with van der Waals surface area (Å²) >= 11 is 0. The molecule has 6 heteroatoms. The monoisotopic (exact) mass is 275 g/mol. The lowest BCUT2D eigenvalue weighted by Crippen LogP contribution is -2.12. The number of aromatic nitrogens is 2. The van der Waals surface area contributed by atoms with E-state index >= 15 is 0 Å². The summed E-state index contributed by atoms with van der Waals surface area (Å²) in [6.45, 7) is 2.20. The van der Waals surface area contributed by atoms with E-state index < -0.39 is 0 Å². The zero-order valence-electron chi connectivity index (χ0n) is 11.2. The summed E-state index contributed by atoms with van der Waals surface area (Å²) in [4.78, 5) is 11.9. The number of nitrogens with one attached hydrogen (secondary N) is 2. The van der Waals surface area contributed by atoms with E-state index in [1.807, 2.05) is 6.92 Å². The van der Waals surface area contributed by atoms with Crippen molar-refractivity contribution in [3.63, 3.8) is 0 Å². The Kier molecular flexibility index (Phi) is 4.73. The molecule has 0 fully saturated rings. The average Bonchev–Trinajstić information content (AvgIpc) is 2.95. The van der Waals surface area contributed by atoms with Crippen molar-refractivity contribution in [3.05, 3.63) is 41.7 Å². The molecule has 20 heavy (non-hydrogen) atoms. The first-order valence-electron chi connectivity index (χ1n) is 6.42. The highest BCUT2D eigenvalue weighted by molar-refractivity contribution is 6.02. The summed E-state index contributed by atoms with van der Waals surface area (Å²) in [5.41, 5.74) is 1.94. The number of amides is 1. The Morgan fingerprint density at radius 3 is 2.75 bits per heavy atom. The van der Waals surface area contributed by atoms with Crippen molar-refractivity contribution in [2.75, 3.05) is 18.5 Å². The SMILES string of the molecule is CCc1cc(C(=O)Nc2ccc(OCCO)cc2)n[nH]1. The number of nitrogens with zero attached hydrogens (tertiary/aromatic N) is 1. The van der Waals surface area contributed by atoms with Gasteiger partial charge in [0.1, 0.15) is 12.4 Å². The third-order valence-corrected chi connectivity index (χ3v) is 2.72. The smallest absolute Gasteiger partial charge is 0.276 e. The molecule has 0 aliphatic carbocycles. The minimum Gasteiger partial charge on any atom is -0.491 e. The third-order valence-electron chi connectivity index (χ3n) is 2.72. The lowest BCUT2D eigenvalue weighted by atomic mass is 10.2. The summed E-state index contributed by atoms with van der Waals surface area (Å²) < 4.78 is 5.24. The first-order valence-corrected chi connectivity index (χ1v) is 6.42. The first-order chi connectivity index (χ1) is 9.72. The van der Waals surface area contributed by atoms with Crippen LogP contribution in [-0.4, -0.2) is 34.4 Å². The molecule has 0 radical (unpaired) electrons. The number of aromatic amines is 1. The van der Waals surface area contributed by atoms with Crippen molar-refractivity contribution in [3.8, 4) is 5.75 Å². The highest BCUT2D eigenvalue weighted by Gasteiger charge is 2.10. The molecule has 1 heterocycles. The van der Waals surface area contributed by atoms with Gasteiger partial charge in [-0.3, -0.25) is 9.89 Å². The van der Waals surface area contributed by atoms with Gasteiger partial charge in [0, 0.05) is 11.4 Å². The molecular formula is C14H17N3O3. The van der Waals surface area contributed by atoms with Gasteiger partial charge in [0.15, 0.2) is 5.69 Å². The Labute approximate surface area is 116 Å². The fourth-order valence-electron chi connectivity index (χ4n) is 1.65. The molecule has 106 valence electrons. The molecule has 0 saturated heterocycles. The maximum Gasteiger partial charge on any atom is 0.276 e. The van der Waals surface area contributed by atoms with Crippen molar-refractivity contribution in [1.82, 2.24) is 10.2 Å². The minimum absolute atomic E-state index is 0.0303. The van der Waals surface area contributed by atoms with Crippen molar-refractivity contribution < 1.29 is 14.6 Å². The Morgan fingerprint density at radius 1 is 1.40 bits per heavy atom.